The van der Waals surface area contributed by atoms with Gasteiger partial charge in [0, 0.05) is 57.6 Å². The zero-order valence-corrected chi connectivity index (χ0v) is 23.3. The smallest absolute Gasteiger partial charge is 0.325 e. The number of piperidine rings is 1. The van der Waals surface area contributed by atoms with Gasteiger partial charge in [0.15, 0.2) is 11.6 Å². The number of halogens is 2. The van der Waals surface area contributed by atoms with Crippen molar-refractivity contribution in [3.63, 3.8) is 0 Å². The summed E-state index contributed by atoms with van der Waals surface area (Å²) in [6, 6.07) is 10.1. The Kier molecular flexibility index (Phi) is 9.86. The van der Waals surface area contributed by atoms with E-state index < -0.39 is 23.6 Å². The van der Waals surface area contributed by atoms with E-state index >= 15 is 0 Å². The van der Waals surface area contributed by atoms with Crippen molar-refractivity contribution in [2.45, 2.75) is 38.8 Å². The summed E-state index contributed by atoms with van der Waals surface area (Å²) in [6.07, 6.45) is 3.26. The molecule has 0 aliphatic carbocycles. The topological polar surface area (TPSA) is 141 Å². The van der Waals surface area contributed by atoms with E-state index in [-0.39, 0.29) is 35.7 Å². The van der Waals surface area contributed by atoms with Gasteiger partial charge in [0.05, 0.1) is 6.42 Å². The number of hydrogen-bond donors (Lipinski definition) is 5. The summed E-state index contributed by atoms with van der Waals surface area (Å²) >= 11 is 0. The lowest BCUT2D eigenvalue weighted by Gasteiger charge is -2.32. The number of rotatable bonds is 9. The van der Waals surface area contributed by atoms with Crippen LogP contribution in [0.5, 0.6) is 5.75 Å². The Hall–Kier alpha value is -4.78. The number of aromatic nitrogens is 1. The van der Waals surface area contributed by atoms with Crippen molar-refractivity contribution in [3.05, 3.63) is 83.2 Å². The minimum absolute atomic E-state index is 0.0413. The number of anilines is 1. The van der Waals surface area contributed by atoms with Gasteiger partial charge in [-0.3, -0.25) is 29.9 Å². The molecule has 2 heterocycles. The average Bonchev–Trinajstić information content (AvgIpc) is 3.35. The third kappa shape index (κ3) is 8.13. The van der Waals surface area contributed by atoms with Crippen LogP contribution in [0.25, 0.3) is 0 Å². The molecule has 3 aromatic rings. The second-order valence-electron chi connectivity index (χ2n) is 9.92. The molecule has 1 aliphatic rings. The van der Waals surface area contributed by atoms with E-state index in [1.165, 1.54) is 43.3 Å². The van der Waals surface area contributed by atoms with Crippen LogP contribution in [0.2, 0.25) is 0 Å². The molecule has 2 aromatic carbocycles. The fourth-order valence-corrected chi connectivity index (χ4v) is 4.75. The van der Waals surface area contributed by atoms with Gasteiger partial charge in [0.25, 0.3) is 0 Å². The Labute approximate surface area is 241 Å². The summed E-state index contributed by atoms with van der Waals surface area (Å²) < 4.78 is 35.2. The van der Waals surface area contributed by atoms with Crippen molar-refractivity contribution >= 4 is 29.4 Å². The molecule has 4 rings (SSSR count). The molecule has 13 heteroatoms. The molecule has 1 aliphatic heterocycles. The fraction of sp³-hybridized carbons (Fsp3) is 0.310. The Morgan fingerprint density at radius 1 is 1.05 bits per heavy atom. The van der Waals surface area contributed by atoms with E-state index in [0.717, 1.165) is 37.6 Å². The number of urea groups is 1. The maximum Gasteiger partial charge on any atom is 0.325 e. The zero-order valence-electron chi connectivity index (χ0n) is 23.3. The third-order valence-electron chi connectivity index (χ3n) is 6.75. The molecular formula is C29H33F2N7O4. The highest BCUT2D eigenvalue weighted by Crippen LogP contribution is 2.24. The van der Waals surface area contributed by atoms with Crippen LogP contribution in [-0.2, 0) is 22.6 Å². The molecule has 0 bridgehead atoms. The Morgan fingerprint density at radius 2 is 1.76 bits per heavy atom. The van der Waals surface area contributed by atoms with Gasteiger partial charge in [-0.1, -0.05) is 12.1 Å². The van der Waals surface area contributed by atoms with Crippen LogP contribution in [0.4, 0.5) is 19.3 Å². The Bertz CT molecular complexity index is 1450. The fourth-order valence-electron chi connectivity index (χ4n) is 4.75. The van der Waals surface area contributed by atoms with Gasteiger partial charge in [-0.2, -0.15) is 0 Å². The molecule has 0 spiro atoms. The zero-order chi connectivity index (χ0) is 30.2. The van der Waals surface area contributed by atoms with Crippen molar-refractivity contribution < 1.29 is 27.9 Å². The first-order chi connectivity index (χ1) is 20.1. The van der Waals surface area contributed by atoms with Gasteiger partial charge in [-0.05, 0) is 54.3 Å². The molecule has 4 amide bonds. The molecular weight excluding hydrogens is 548 g/mol. The number of ether oxygens (including phenoxy) is 1. The molecule has 0 atom stereocenters. The van der Waals surface area contributed by atoms with E-state index in [4.69, 9.17) is 10.1 Å². The van der Waals surface area contributed by atoms with Gasteiger partial charge in [-0.25, -0.2) is 13.6 Å². The van der Waals surface area contributed by atoms with Crippen molar-refractivity contribution in [2.24, 2.45) is 0 Å². The van der Waals surface area contributed by atoms with Crippen molar-refractivity contribution in [1.29, 1.82) is 5.41 Å². The first-order valence-corrected chi connectivity index (χ1v) is 13.4. The van der Waals surface area contributed by atoms with Crippen LogP contribution >= 0.6 is 0 Å². The lowest BCUT2D eigenvalue weighted by Crippen LogP contribution is -2.43. The number of benzene rings is 2. The van der Waals surface area contributed by atoms with Crippen molar-refractivity contribution in [2.75, 3.05) is 30.9 Å². The number of hydrogen-bond acceptors (Lipinski definition) is 7. The lowest BCUT2D eigenvalue weighted by atomic mass is 10.0. The van der Waals surface area contributed by atoms with Crippen molar-refractivity contribution in [1.82, 2.24) is 20.2 Å². The molecule has 0 saturated carbocycles. The molecule has 5 N–H and O–H groups in total. The summed E-state index contributed by atoms with van der Waals surface area (Å²) in [6.45, 7) is 3.61. The number of amides is 4. The second kappa shape index (κ2) is 13.7. The first kappa shape index (κ1) is 30.2. The van der Waals surface area contributed by atoms with Crippen LogP contribution in [-0.4, -0.2) is 59.5 Å². The van der Waals surface area contributed by atoms with E-state index in [0.29, 0.717) is 17.8 Å². The summed E-state index contributed by atoms with van der Waals surface area (Å²) in [5, 5.41) is 16.1. The largest absolute Gasteiger partial charge is 0.434 e. The average molecular weight is 582 g/mol. The minimum Gasteiger partial charge on any atom is -0.434 e. The minimum atomic E-state index is -0.861. The summed E-state index contributed by atoms with van der Waals surface area (Å²) in [5.41, 5.74) is 4.80. The molecule has 1 saturated heterocycles. The van der Waals surface area contributed by atoms with Gasteiger partial charge in [0.1, 0.15) is 11.5 Å². The van der Waals surface area contributed by atoms with Gasteiger partial charge in [-0.15, -0.1) is 0 Å². The lowest BCUT2D eigenvalue weighted by molar-refractivity contribution is -0.120. The predicted molar refractivity (Wildman–Crippen MR) is 153 cm³/mol. The van der Waals surface area contributed by atoms with Crippen LogP contribution in [0.3, 0.4) is 0 Å². The highest BCUT2D eigenvalue weighted by molar-refractivity contribution is 6.01. The van der Waals surface area contributed by atoms with Gasteiger partial charge in [0.2, 0.25) is 17.7 Å². The SMILES string of the molecule is CNn1ccc(CN2CCC(NC(C)=O)CC2)c1C(=N)Oc1ccc(NC(=O)NC(=O)Cc2ccc(F)cc2)cc1F. The standard InChI is InChI=1S/C29H33F2N7O4/c1-18(39)34-22-10-12-37(13-11-22)17-20-9-14-38(33-2)27(20)28(32)42-25-8-7-23(16-24(25)31)35-29(41)36-26(40)15-19-3-5-21(30)6-4-19/h3-9,14,16,22,32-33H,10-13,15,17H2,1-2H3,(H,34,39)(H2,35,36,40,41). The summed E-state index contributed by atoms with van der Waals surface area (Å²) in [7, 11) is 1.69. The van der Waals surface area contributed by atoms with Gasteiger partial charge < -0.3 is 20.8 Å². The van der Waals surface area contributed by atoms with Crippen LogP contribution in [0.1, 0.15) is 36.6 Å². The maximum atomic E-state index is 14.9. The van der Waals surface area contributed by atoms with Crippen LogP contribution in [0, 0.1) is 17.0 Å². The number of likely N-dealkylation sites (tertiary alicyclic amines) is 1. The van der Waals surface area contributed by atoms with E-state index in [2.05, 4.69) is 26.3 Å². The second-order valence-corrected chi connectivity index (χ2v) is 9.92. The Morgan fingerprint density at radius 3 is 2.40 bits per heavy atom. The molecule has 1 fully saturated rings. The highest BCUT2D eigenvalue weighted by atomic mass is 19.1. The quantitative estimate of drug-likeness (QED) is 0.194. The number of carbonyl (C=O) groups excluding carboxylic acids is 3. The molecule has 0 radical (unpaired) electrons. The number of nitrogens with zero attached hydrogens (tertiary/aromatic N) is 2. The number of imide groups is 1. The summed E-state index contributed by atoms with van der Waals surface area (Å²) in [5.74, 6) is -2.41. The molecule has 222 valence electrons. The van der Waals surface area contributed by atoms with E-state index in [1.807, 2.05) is 6.07 Å². The maximum absolute atomic E-state index is 14.9. The monoisotopic (exact) mass is 581 g/mol. The van der Waals surface area contributed by atoms with Crippen LogP contribution < -0.4 is 26.1 Å². The Balaban J connectivity index is 1.34. The normalized spacial score (nSPS) is 13.7. The number of nitrogens with one attached hydrogen (secondary N) is 5. The third-order valence-corrected chi connectivity index (χ3v) is 6.75. The van der Waals surface area contributed by atoms with E-state index in [1.54, 1.807) is 17.9 Å². The van der Waals surface area contributed by atoms with E-state index in [9.17, 15) is 23.2 Å². The highest BCUT2D eigenvalue weighted by Gasteiger charge is 2.24. The summed E-state index contributed by atoms with van der Waals surface area (Å²) in [4.78, 5) is 37.9. The molecule has 1 aromatic heterocycles. The van der Waals surface area contributed by atoms with Gasteiger partial charge >= 0.3 is 6.03 Å². The van der Waals surface area contributed by atoms with Crippen molar-refractivity contribution in [3.8, 4) is 5.75 Å². The predicted octanol–water partition coefficient (Wildman–Crippen LogP) is 3.34. The molecule has 0 unspecified atom stereocenters. The molecule has 11 nitrogen and oxygen atoms in total. The van der Waals surface area contributed by atoms with Crippen LogP contribution in [0.15, 0.2) is 54.7 Å². The first-order valence-electron chi connectivity index (χ1n) is 13.4. The number of carbonyl (C=O) groups is 3. The molecule has 42 heavy (non-hydrogen) atoms.